The maximum Gasteiger partial charge on any atom is 0.419 e. The maximum absolute atomic E-state index is 12.7. The van der Waals surface area contributed by atoms with Crippen molar-refractivity contribution in [3.8, 4) is 5.75 Å². The SMILES string of the molecule is NC(=O)COc1ccc(C(=O)N2CCN(c3ccc(C(F)(F)F)c[nH+]3)CC2)cc1. The van der Waals surface area contributed by atoms with E-state index in [9.17, 15) is 22.8 Å². The first-order valence-corrected chi connectivity index (χ1v) is 8.88. The van der Waals surface area contributed by atoms with Crippen molar-refractivity contribution in [1.82, 2.24) is 4.90 Å². The van der Waals surface area contributed by atoms with E-state index in [1.54, 1.807) is 29.2 Å². The molecule has 1 aliphatic heterocycles. The van der Waals surface area contributed by atoms with Crippen LogP contribution in [-0.4, -0.2) is 49.5 Å². The van der Waals surface area contributed by atoms with Crippen LogP contribution < -0.4 is 20.4 Å². The molecule has 154 valence electrons. The number of benzene rings is 1. The molecule has 1 aromatic carbocycles. The highest BCUT2D eigenvalue weighted by atomic mass is 19.4. The number of nitrogens with zero attached hydrogens (tertiary/aromatic N) is 2. The van der Waals surface area contributed by atoms with Gasteiger partial charge in [-0.1, -0.05) is 0 Å². The zero-order valence-electron chi connectivity index (χ0n) is 15.4. The minimum Gasteiger partial charge on any atom is -0.484 e. The summed E-state index contributed by atoms with van der Waals surface area (Å²) in [6, 6.07) is 8.81. The van der Waals surface area contributed by atoms with Gasteiger partial charge in [-0.25, -0.2) is 4.98 Å². The Morgan fingerprint density at radius 1 is 1.03 bits per heavy atom. The predicted octanol–water partition coefficient (Wildman–Crippen LogP) is 1.35. The van der Waals surface area contributed by atoms with Crippen molar-refractivity contribution < 1.29 is 32.5 Å². The van der Waals surface area contributed by atoms with E-state index in [1.807, 2.05) is 4.90 Å². The van der Waals surface area contributed by atoms with Crippen LogP contribution in [0.5, 0.6) is 5.75 Å². The van der Waals surface area contributed by atoms with Gasteiger partial charge in [0.2, 0.25) is 0 Å². The van der Waals surface area contributed by atoms with Crippen molar-refractivity contribution in [2.75, 3.05) is 37.7 Å². The van der Waals surface area contributed by atoms with E-state index in [2.05, 4.69) is 4.98 Å². The molecule has 2 amide bonds. The van der Waals surface area contributed by atoms with Crippen molar-refractivity contribution in [2.24, 2.45) is 5.73 Å². The molecular weight excluding hydrogens is 389 g/mol. The van der Waals surface area contributed by atoms with Crippen LogP contribution in [0, 0.1) is 0 Å². The Kier molecular flexibility index (Phi) is 5.90. The first-order valence-electron chi connectivity index (χ1n) is 8.88. The fraction of sp³-hybridized carbons (Fsp3) is 0.316. The molecule has 3 N–H and O–H groups in total. The molecule has 0 unspecified atom stereocenters. The number of nitrogens with two attached hydrogens (primary N) is 1. The number of amides is 2. The number of nitrogens with one attached hydrogen (secondary N) is 1. The second-order valence-electron chi connectivity index (χ2n) is 6.52. The minimum atomic E-state index is -4.39. The Bertz CT molecular complexity index is 862. The van der Waals surface area contributed by atoms with Gasteiger partial charge in [-0.05, 0) is 30.3 Å². The summed E-state index contributed by atoms with van der Waals surface area (Å²) >= 11 is 0. The largest absolute Gasteiger partial charge is 0.484 e. The molecule has 0 saturated carbocycles. The van der Waals surface area contributed by atoms with Gasteiger partial charge in [-0.15, -0.1) is 0 Å². The summed E-state index contributed by atoms with van der Waals surface area (Å²) in [6.45, 7) is 1.62. The van der Waals surface area contributed by atoms with Crippen LogP contribution in [-0.2, 0) is 11.0 Å². The Morgan fingerprint density at radius 3 is 2.21 bits per heavy atom. The highest BCUT2D eigenvalue weighted by Gasteiger charge is 2.33. The second-order valence-corrected chi connectivity index (χ2v) is 6.52. The quantitative estimate of drug-likeness (QED) is 0.807. The molecule has 1 saturated heterocycles. The number of halogens is 3. The normalized spacial score (nSPS) is 14.6. The number of anilines is 1. The summed E-state index contributed by atoms with van der Waals surface area (Å²) in [4.78, 5) is 29.6. The van der Waals surface area contributed by atoms with Crippen molar-refractivity contribution in [3.05, 3.63) is 53.7 Å². The van der Waals surface area contributed by atoms with Gasteiger partial charge in [-0.3, -0.25) is 14.5 Å². The van der Waals surface area contributed by atoms with E-state index in [-0.39, 0.29) is 12.5 Å². The molecule has 1 aliphatic rings. The number of primary amides is 1. The summed E-state index contributed by atoms with van der Waals surface area (Å²) in [7, 11) is 0. The lowest BCUT2D eigenvalue weighted by molar-refractivity contribution is -0.367. The third-order valence-corrected chi connectivity index (χ3v) is 4.51. The molecule has 0 spiro atoms. The molecule has 1 aromatic heterocycles. The number of aromatic amines is 1. The molecule has 2 aromatic rings. The van der Waals surface area contributed by atoms with Gasteiger partial charge in [0, 0.05) is 11.6 Å². The number of piperazine rings is 1. The molecule has 0 aliphatic carbocycles. The topological polar surface area (TPSA) is 90.0 Å². The number of carbonyl (C=O) groups excluding carboxylic acids is 2. The standard InChI is InChI=1S/C19H19F3N4O3/c20-19(21,22)14-3-6-17(24-11-14)25-7-9-26(10-8-25)18(28)13-1-4-15(5-2-13)29-12-16(23)27/h1-6,11H,7-10,12H2,(H2,23,27)/p+1. The average molecular weight is 409 g/mol. The Balaban J connectivity index is 1.56. The van der Waals surface area contributed by atoms with Crippen LogP contribution in [0.1, 0.15) is 15.9 Å². The lowest BCUT2D eigenvalue weighted by atomic mass is 10.1. The van der Waals surface area contributed by atoms with Crippen molar-refractivity contribution in [1.29, 1.82) is 0 Å². The summed E-state index contributed by atoms with van der Waals surface area (Å²) in [5.41, 5.74) is 4.75. The lowest BCUT2D eigenvalue weighted by Crippen LogP contribution is -2.50. The number of rotatable bonds is 5. The number of pyridine rings is 1. The van der Waals surface area contributed by atoms with Crippen molar-refractivity contribution in [2.45, 2.75) is 6.18 Å². The first kappa shape index (κ1) is 20.4. The summed E-state index contributed by atoms with van der Waals surface area (Å²) < 4.78 is 43.1. The first-order chi connectivity index (χ1) is 13.7. The number of ether oxygens (including phenoxy) is 1. The highest BCUT2D eigenvalue weighted by molar-refractivity contribution is 5.94. The number of aromatic nitrogens is 1. The molecule has 1 fully saturated rings. The predicted molar refractivity (Wildman–Crippen MR) is 97.2 cm³/mol. The summed E-state index contributed by atoms with van der Waals surface area (Å²) in [5, 5.41) is 0. The van der Waals surface area contributed by atoms with E-state index >= 15 is 0 Å². The van der Waals surface area contributed by atoms with Crippen LogP contribution in [0.4, 0.5) is 19.0 Å². The molecule has 0 atom stereocenters. The molecule has 7 nitrogen and oxygen atoms in total. The number of carbonyl (C=O) groups is 2. The summed E-state index contributed by atoms with van der Waals surface area (Å²) in [5.74, 6) is 0.264. The lowest BCUT2D eigenvalue weighted by Gasteiger charge is -2.31. The number of hydrogen-bond donors (Lipinski definition) is 1. The zero-order valence-corrected chi connectivity index (χ0v) is 15.4. The molecule has 2 heterocycles. The molecular formula is C19H20F3N4O3+. The minimum absolute atomic E-state index is 0.150. The van der Waals surface area contributed by atoms with Gasteiger partial charge in [0.05, 0.1) is 18.7 Å². The fourth-order valence-electron chi connectivity index (χ4n) is 2.97. The average Bonchev–Trinajstić information content (AvgIpc) is 2.72. The summed E-state index contributed by atoms with van der Waals surface area (Å²) in [6.07, 6.45) is -3.45. The highest BCUT2D eigenvalue weighted by Crippen LogP contribution is 2.28. The Labute approximate surface area is 164 Å². The number of H-pyrrole nitrogens is 1. The fourth-order valence-corrected chi connectivity index (χ4v) is 2.97. The van der Waals surface area contributed by atoms with Gasteiger partial charge < -0.3 is 15.4 Å². The van der Waals surface area contributed by atoms with Gasteiger partial charge in [0.1, 0.15) is 25.0 Å². The zero-order chi connectivity index (χ0) is 21.0. The number of hydrogen-bond acceptors (Lipinski definition) is 4. The Morgan fingerprint density at radius 2 is 1.69 bits per heavy atom. The van der Waals surface area contributed by atoms with E-state index < -0.39 is 17.6 Å². The molecule has 0 bridgehead atoms. The molecule has 0 radical (unpaired) electrons. The van der Waals surface area contributed by atoms with E-state index in [0.717, 1.165) is 12.3 Å². The molecule has 29 heavy (non-hydrogen) atoms. The van der Waals surface area contributed by atoms with Gasteiger partial charge in [0.15, 0.2) is 6.61 Å². The van der Waals surface area contributed by atoms with Crippen LogP contribution in [0.15, 0.2) is 42.6 Å². The van der Waals surface area contributed by atoms with Crippen molar-refractivity contribution >= 4 is 17.6 Å². The van der Waals surface area contributed by atoms with E-state index in [4.69, 9.17) is 10.5 Å². The Hall–Kier alpha value is -3.30. The molecule has 10 heteroatoms. The van der Waals surface area contributed by atoms with E-state index in [0.29, 0.717) is 43.3 Å². The third-order valence-electron chi connectivity index (χ3n) is 4.51. The van der Waals surface area contributed by atoms with Crippen LogP contribution >= 0.6 is 0 Å². The maximum atomic E-state index is 12.7. The van der Waals surface area contributed by atoms with E-state index in [1.165, 1.54) is 6.07 Å². The van der Waals surface area contributed by atoms with Gasteiger partial charge >= 0.3 is 6.18 Å². The van der Waals surface area contributed by atoms with Gasteiger partial charge in [-0.2, -0.15) is 13.2 Å². The van der Waals surface area contributed by atoms with Crippen LogP contribution in [0.2, 0.25) is 0 Å². The monoisotopic (exact) mass is 409 g/mol. The number of alkyl halides is 3. The molecule has 3 rings (SSSR count). The van der Waals surface area contributed by atoms with Crippen LogP contribution in [0.3, 0.4) is 0 Å². The third kappa shape index (κ3) is 5.15. The van der Waals surface area contributed by atoms with Crippen molar-refractivity contribution in [3.63, 3.8) is 0 Å². The second kappa shape index (κ2) is 8.38. The van der Waals surface area contributed by atoms with Gasteiger partial charge in [0.25, 0.3) is 17.6 Å². The van der Waals surface area contributed by atoms with Crippen LogP contribution in [0.25, 0.3) is 0 Å². The smallest absolute Gasteiger partial charge is 0.419 e.